The van der Waals surface area contributed by atoms with Crippen LogP contribution in [-0.2, 0) is 20.9 Å². The van der Waals surface area contributed by atoms with Gasteiger partial charge in [0.25, 0.3) is 0 Å². The van der Waals surface area contributed by atoms with E-state index in [0.717, 1.165) is 24.1 Å². The lowest BCUT2D eigenvalue weighted by atomic mass is 9.84. The summed E-state index contributed by atoms with van der Waals surface area (Å²) in [6, 6.07) is 11.7. The standard InChI is InChI=1S/C26H29FN2O5/c27-17-3-1-2-16(8-17)13-28-24(31)12-19-11-21-20-10-18(29-25(32)9-15-4-5-15)6-7-22(20)34-26(21)23(14-30)33-19/h1-3,6-8,10,15,19,21,23,26,30H,4-5,9,11-14H2,(H,28,31)(H,29,32)/t19-,21-,23-,26+/m0/s1. The second kappa shape index (κ2) is 9.72. The van der Waals surface area contributed by atoms with Gasteiger partial charge in [-0.05, 0) is 61.1 Å². The van der Waals surface area contributed by atoms with E-state index in [4.69, 9.17) is 9.47 Å². The average Bonchev–Trinajstić information content (AvgIpc) is 3.55. The summed E-state index contributed by atoms with van der Waals surface area (Å²) in [5.41, 5.74) is 2.37. The van der Waals surface area contributed by atoms with Crippen LogP contribution in [0, 0.1) is 11.7 Å². The molecular weight excluding hydrogens is 439 g/mol. The van der Waals surface area contributed by atoms with Crippen molar-refractivity contribution in [1.82, 2.24) is 5.32 Å². The number of anilines is 1. The van der Waals surface area contributed by atoms with Gasteiger partial charge in [0, 0.05) is 30.1 Å². The van der Waals surface area contributed by atoms with Crippen LogP contribution in [-0.4, -0.2) is 41.8 Å². The van der Waals surface area contributed by atoms with Crippen molar-refractivity contribution in [3.63, 3.8) is 0 Å². The van der Waals surface area contributed by atoms with Gasteiger partial charge in [0.1, 0.15) is 23.8 Å². The van der Waals surface area contributed by atoms with Crippen molar-refractivity contribution >= 4 is 17.5 Å². The average molecular weight is 469 g/mol. The van der Waals surface area contributed by atoms with Crippen molar-refractivity contribution in [2.75, 3.05) is 11.9 Å². The van der Waals surface area contributed by atoms with Crippen LogP contribution < -0.4 is 15.4 Å². The van der Waals surface area contributed by atoms with Crippen LogP contribution in [0.15, 0.2) is 42.5 Å². The molecule has 7 nitrogen and oxygen atoms in total. The number of ether oxygens (including phenoxy) is 2. The zero-order valence-corrected chi connectivity index (χ0v) is 18.8. The van der Waals surface area contributed by atoms with E-state index in [1.165, 1.54) is 12.1 Å². The minimum Gasteiger partial charge on any atom is -0.487 e. The molecule has 0 unspecified atom stereocenters. The number of hydrogen-bond donors (Lipinski definition) is 3. The molecule has 5 rings (SSSR count). The van der Waals surface area contributed by atoms with Gasteiger partial charge in [0.05, 0.1) is 19.1 Å². The van der Waals surface area contributed by atoms with Gasteiger partial charge in [0.2, 0.25) is 11.8 Å². The first-order chi connectivity index (χ1) is 16.5. The Labute approximate surface area is 197 Å². The van der Waals surface area contributed by atoms with Crippen molar-refractivity contribution in [3.05, 3.63) is 59.4 Å². The van der Waals surface area contributed by atoms with Crippen molar-refractivity contribution in [3.8, 4) is 5.75 Å². The van der Waals surface area contributed by atoms with Gasteiger partial charge < -0.3 is 25.2 Å². The van der Waals surface area contributed by atoms with Crippen LogP contribution in [0.3, 0.4) is 0 Å². The first kappa shape index (κ1) is 22.8. The second-order valence-corrected chi connectivity index (χ2v) is 9.46. The summed E-state index contributed by atoms with van der Waals surface area (Å²) < 4.78 is 25.4. The Balaban J connectivity index is 1.23. The Bertz CT molecular complexity index is 1070. The third-order valence-corrected chi connectivity index (χ3v) is 6.75. The van der Waals surface area contributed by atoms with Crippen LogP contribution in [0.1, 0.15) is 49.1 Å². The van der Waals surface area contributed by atoms with Crippen LogP contribution in [0.5, 0.6) is 5.75 Å². The zero-order chi connectivity index (χ0) is 23.7. The normalized spacial score (nSPS) is 25.1. The van der Waals surface area contributed by atoms with E-state index in [0.29, 0.717) is 30.1 Å². The van der Waals surface area contributed by atoms with Gasteiger partial charge in [0.15, 0.2) is 0 Å². The molecule has 3 N–H and O–H groups in total. The Morgan fingerprint density at radius 2 is 1.94 bits per heavy atom. The molecule has 0 radical (unpaired) electrons. The summed E-state index contributed by atoms with van der Waals surface area (Å²) in [7, 11) is 0. The summed E-state index contributed by atoms with van der Waals surface area (Å²) in [6.45, 7) is 0.0101. The number of carbonyl (C=O) groups is 2. The molecule has 1 aliphatic carbocycles. The summed E-state index contributed by atoms with van der Waals surface area (Å²) in [6.07, 6.45) is 2.18. The predicted octanol–water partition coefficient (Wildman–Crippen LogP) is 3.27. The molecule has 8 heteroatoms. The molecule has 0 spiro atoms. The van der Waals surface area contributed by atoms with Gasteiger partial charge in [-0.2, -0.15) is 0 Å². The minimum absolute atomic E-state index is 0.0194. The van der Waals surface area contributed by atoms with E-state index >= 15 is 0 Å². The number of halogens is 1. The smallest absolute Gasteiger partial charge is 0.224 e. The predicted molar refractivity (Wildman–Crippen MR) is 123 cm³/mol. The third-order valence-electron chi connectivity index (χ3n) is 6.75. The van der Waals surface area contributed by atoms with Gasteiger partial charge in [-0.1, -0.05) is 12.1 Å². The maximum Gasteiger partial charge on any atom is 0.224 e. The maximum atomic E-state index is 13.4. The molecule has 180 valence electrons. The Morgan fingerprint density at radius 3 is 2.71 bits per heavy atom. The van der Waals surface area contributed by atoms with Crippen molar-refractivity contribution in [2.24, 2.45) is 5.92 Å². The fourth-order valence-corrected chi connectivity index (χ4v) is 4.89. The molecule has 2 aromatic carbocycles. The number of benzene rings is 2. The molecule has 4 atom stereocenters. The molecule has 3 aliphatic rings. The molecule has 0 bridgehead atoms. The SMILES string of the molecule is O=C(C[C@@H]1C[C@H]2c3cc(NC(=O)CC4CC4)ccc3O[C@H]2[C@H](CO)O1)NCc1cccc(F)c1. The molecule has 34 heavy (non-hydrogen) atoms. The second-order valence-electron chi connectivity index (χ2n) is 9.46. The van der Waals surface area contributed by atoms with Crippen LogP contribution in [0.4, 0.5) is 10.1 Å². The van der Waals surface area contributed by atoms with Crippen LogP contribution in [0.2, 0.25) is 0 Å². The maximum absolute atomic E-state index is 13.4. The summed E-state index contributed by atoms with van der Waals surface area (Å²) in [5.74, 6) is 0.643. The van der Waals surface area contributed by atoms with E-state index in [1.807, 2.05) is 18.2 Å². The Morgan fingerprint density at radius 1 is 1.09 bits per heavy atom. The van der Waals surface area contributed by atoms with Crippen molar-refractivity contribution in [2.45, 2.75) is 62.9 Å². The van der Waals surface area contributed by atoms with E-state index in [2.05, 4.69) is 10.6 Å². The highest BCUT2D eigenvalue weighted by Gasteiger charge is 2.46. The highest BCUT2D eigenvalue weighted by molar-refractivity contribution is 5.91. The van der Waals surface area contributed by atoms with Gasteiger partial charge in [-0.3, -0.25) is 9.59 Å². The molecule has 2 heterocycles. The molecule has 2 amide bonds. The summed E-state index contributed by atoms with van der Waals surface area (Å²) in [4.78, 5) is 24.8. The van der Waals surface area contributed by atoms with E-state index in [1.54, 1.807) is 12.1 Å². The fourth-order valence-electron chi connectivity index (χ4n) is 4.89. The summed E-state index contributed by atoms with van der Waals surface area (Å²) in [5, 5.41) is 15.7. The van der Waals surface area contributed by atoms with E-state index < -0.39 is 12.2 Å². The highest BCUT2D eigenvalue weighted by Crippen LogP contribution is 2.47. The molecule has 0 aromatic heterocycles. The molecular formula is C26H29FN2O5. The summed E-state index contributed by atoms with van der Waals surface area (Å²) >= 11 is 0. The lowest BCUT2D eigenvalue weighted by Crippen LogP contribution is -2.47. The number of aliphatic hydroxyl groups excluding tert-OH is 1. The van der Waals surface area contributed by atoms with Crippen LogP contribution in [0.25, 0.3) is 0 Å². The number of hydrogen-bond acceptors (Lipinski definition) is 5. The number of aliphatic hydroxyl groups is 1. The number of amides is 2. The number of carbonyl (C=O) groups excluding carboxylic acids is 2. The van der Waals surface area contributed by atoms with Gasteiger partial charge in [-0.15, -0.1) is 0 Å². The van der Waals surface area contributed by atoms with Gasteiger partial charge >= 0.3 is 0 Å². The Kier molecular flexibility index (Phi) is 6.52. The molecule has 1 saturated heterocycles. The fraction of sp³-hybridized carbons (Fsp3) is 0.462. The molecule has 2 fully saturated rings. The zero-order valence-electron chi connectivity index (χ0n) is 18.8. The highest BCUT2D eigenvalue weighted by atomic mass is 19.1. The first-order valence-electron chi connectivity index (χ1n) is 11.9. The van der Waals surface area contributed by atoms with E-state index in [9.17, 15) is 19.1 Å². The Hall–Kier alpha value is -2.97. The quantitative estimate of drug-likeness (QED) is 0.553. The lowest BCUT2D eigenvalue weighted by Gasteiger charge is -2.37. The molecule has 1 saturated carbocycles. The van der Waals surface area contributed by atoms with Crippen molar-refractivity contribution in [1.29, 1.82) is 0 Å². The lowest BCUT2D eigenvalue weighted by molar-refractivity contribution is -0.142. The minimum atomic E-state index is -0.555. The molecule has 2 aromatic rings. The molecule has 2 aliphatic heterocycles. The first-order valence-corrected chi connectivity index (χ1v) is 11.9. The topological polar surface area (TPSA) is 96.9 Å². The van der Waals surface area contributed by atoms with E-state index in [-0.39, 0.29) is 49.2 Å². The number of nitrogens with one attached hydrogen (secondary N) is 2. The third kappa shape index (κ3) is 5.23. The van der Waals surface area contributed by atoms with Crippen LogP contribution >= 0.6 is 0 Å². The number of rotatable bonds is 8. The van der Waals surface area contributed by atoms with Gasteiger partial charge in [-0.25, -0.2) is 4.39 Å². The monoisotopic (exact) mass is 468 g/mol. The van der Waals surface area contributed by atoms with Crippen molar-refractivity contribution < 1.29 is 28.6 Å². The number of fused-ring (bicyclic) bond motifs is 3. The largest absolute Gasteiger partial charge is 0.487 e.